The molecule has 1 aliphatic rings. The van der Waals surface area contributed by atoms with Crippen LogP contribution in [0.25, 0.3) is 0 Å². The minimum absolute atomic E-state index is 0.683. The Morgan fingerprint density at radius 2 is 2.11 bits per heavy atom. The van der Waals surface area contributed by atoms with E-state index in [4.69, 9.17) is 0 Å². The van der Waals surface area contributed by atoms with Gasteiger partial charge in [-0.25, -0.2) is 4.98 Å². The lowest BCUT2D eigenvalue weighted by Gasteiger charge is -2.32. The number of benzene rings is 1. The molecule has 2 heterocycles. The molecule has 2 aromatic rings. The van der Waals surface area contributed by atoms with E-state index < -0.39 is 0 Å². The molecule has 1 aliphatic heterocycles. The monoisotopic (exact) mass is 255 g/mol. The van der Waals surface area contributed by atoms with Crippen molar-refractivity contribution in [3.63, 3.8) is 0 Å². The fourth-order valence-corrected chi connectivity index (χ4v) is 2.96. The molecule has 1 aromatic carbocycles. The first kappa shape index (κ1) is 12.4. The maximum atomic E-state index is 4.20. The average Bonchev–Trinajstić information content (AvgIpc) is 2.86. The summed E-state index contributed by atoms with van der Waals surface area (Å²) in [6, 6.07) is 10.9. The van der Waals surface area contributed by atoms with Gasteiger partial charge in [-0.1, -0.05) is 30.3 Å². The Labute approximate surface area is 114 Å². The molecule has 3 heteroatoms. The van der Waals surface area contributed by atoms with Crippen LogP contribution in [0.2, 0.25) is 0 Å². The quantitative estimate of drug-likeness (QED) is 0.841. The van der Waals surface area contributed by atoms with Crippen LogP contribution in [0.5, 0.6) is 0 Å². The standard InChI is InChI=1S/C16H21N3/c1-18-13-17-10-16(18)12-19-9-5-8-15(11-19)14-6-3-2-4-7-14/h2-4,6-7,10,13,15H,5,8-9,11-12H2,1H3/t15-/m0/s1. The van der Waals surface area contributed by atoms with Crippen LogP contribution >= 0.6 is 0 Å². The first-order valence-electron chi connectivity index (χ1n) is 7.05. The van der Waals surface area contributed by atoms with Crippen LogP contribution < -0.4 is 0 Å². The van der Waals surface area contributed by atoms with E-state index in [2.05, 4.69) is 51.8 Å². The molecule has 1 saturated heterocycles. The van der Waals surface area contributed by atoms with Crippen LogP contribution in [0, 0.1) is 0 Å². The second kappa shape index (κ2) is 5.57. The fraction of sp³-hybridized carbons (Fsp3) is 0.438. The molecule has 0 bridgehead atoms. The summed E-state index contributed by atoms with van der Waals surface area (Å²) in [5, 5.41) is 0. The number of aromatic nitrogens is 2. The van der Waals surface area contributed by atoms with E-state index in [1.54, 1.807) is 0 Å². The first-order valence-corrected chi connectivity index (χ1v) is 7.05. The average molecular weight is 255 g/mol. The SMILES string of the molecule is Cn1cncc1CN1CCC[C@H](c2ccccc2)C1. The van der Waals surface area contributed by atoms with Gasteiger partial charge < -0.3 is 4.57 Å². The van der Waals surface area contributed by atoms with Crippen LogP contribution in [-0.4, -0.2) is 27.5 Å². The Balaban J connectivity index is 1.67. The molecule has 1 atom stereocenters. The molecule has 0 N–H and O–H groups in total. The summed E-state index contributed by atoms with van der Waals surface area (Å²) in [5.41, 5.74) is 2.78. The summed E-state index contributed by atoms with van der Waals surface area (Å²) in [4.78, 5) is 6.75. The van der Waals surface area contributed by atoms with E-state index >= 15 is 0 Å². The summed E-state index contributed by atoms with van der Waals surface area (Å²) < 4.78 is 2.12. The fourth-order valence-electron chi connectivity index (χ4n) is 2.96. The molecule has 0 unspecified atom stereocenters. The first-order chi connectivity index (χ1) is 9.33. The number of hydrogen-bond acceptors (Lipinski definition) is 2. The number of imidazole rings is 1. The van der Waals surface area contributed by atoms with Crippen LogP contribution in [-0.2, 0) is 13.6 Å². The number of nitrogens with zero attached hydrogens (tertiary/aromatic N) is 3. The zero-order chi connectivity index (χ0) is 13.1. The van der Waals surface area contributed by atoms with Crippen molar-refractivity contribution >= 4 is 0 Å². The summed E-state index contributed by atoms with van der Waals surface area (Å²) in [6.45, 7) is 3.38. The largest absolute Gasteiger partial charge is 0.337 e. The van der Waals surface area contributed by atoms with Gasteiger partial charge in [-0.2, -0.15) is 0 Å². The summed E-state index contributed by atoms with van der Waals surface area (Å²) in [7, 11) is 2.07. The van der Waals surface area contributed by atoms with Crippen molar-refractivity contribution < 1.29 is 0 Å². The van der Waals surface area contributed by atoms with E-state index in [0.29, 0.717) is 5.92 Å². The van der Waals surface area contributed by atoms with Gasteiger partial charge in [0.05, 0.1) is 12.0 Å². The molecule has 0 radical (unpaired) electrons. The van der Waals surface area contributed by atoms with Crippen molar-refractivity contribution in [3.05, 3.63) is 54.1 Å². The lowest BCUT2D eigenvalue weighted by molar-refractivity contribution is 0.196. The van der Waals surface area contributed by atoms with Gasteiger partial charge in [0.25, 0.3) is 0 Å². The van der Waals surface area contributed by atoms with Crippen molar-refractivity contribution in [1.29, 1.82) is 0 Å². The number of piperidine rings is 1. The van der Waals surface area contributed by atoms with Gasteiger partial charge in [0, 0.05) is 26.3 Å². The van der Waals surface area contributed by atoms with Crippen molar-refractivity contribution in [1.82, 2.24) is 14.5 Å². The number of likely N-dealkylation sites (tertiary alicyclic amines) is 1. The normalized spacial score (nSPS) is 20.6. The lowest BCUT2D eigenvalue weighted by Crippen LogP contribution is -2.34. The highest BCUT2D eigenvalue weighted by molar-refractivity contribution is 5.20. The molecule has 0 spiro atoms. The molecule has 0 amide bonds. The molecule has 0 saturated carbocycles. The molecule has 100 valence electrons. The predicted molar refractivity (Wildman–Crippen MR) is 76.9 cm³/mol. The van der Waals surface area contributed by atoms with Gasteiger partial charge in [-0.3, -0.25) is 4.90 Å². The minimum atomic E-state index is 0.683. The second-order valence-corrected chi connectivity index (χ2v) is 5.48. The molecule has 3 nitrogen and oxygen atoms in total. The van der Waals surface area contributed by atoms with Crippen molar-refractivity contribution in [2.75, 3.05) is 13.1 Å². The van der Waals surface area contributed by atoms with Gasteiger partial charge in [-0.15, -0.1) is 0 Å². The van der Waals surface area contributed by atoms with E-state index in [1.807, 2.05) is 12.5 Å². The highest BCUT2D eigenvalue weighted by atomic mass is 15.2. The van der Waals surface area contributed by atoms with Gasteiger partial charge in [0.1, 0.15) is 0 Å². The Morgan fingerprint density at radius 3 is 2.84 bits per heavy atom. The Bertz CT molecular complexity index is 518. The Hall–Kier alpha value is -1.61. The number of rotatable bonds is 3. The molecule has 3 rings (SSSR count). The van der Waals surface area contributed by atoms with Crippen molar-refractivity contribution in [2.24, 2.45) is 7.05 Å². The van der Waals surface area contributed by atoms with Crippen LogP contribution in [0.15, 0.2) is 42.9 Å². The van der Waals surface area contributed by atoms with Crippen molar-refractivity contribution in [2.45, 2.75) is 25.3 Å². The van der Waals surface area contributed by atoms with Crippen LogP contribution in [0.1, 0.15) is 30.0 Å². The van der Waals surface area contributed by atoms with E-state index in [-0.39, 0.29) is 0 Å². The molecule has 19 heavy (non-hydrogen) atoms. The zero-order valence-electron chi connectivity index (χ0n) is 11.5. The summed E-state index contributed by atoms with van der Waals surface area (Å²) >= 11 is 0. The van der Waals surface area contributed by atoms with Gasteiger partial charge >= 0.3 is 0 Å². The number of aryl methyl sites for hydroxylation is 1. The van der Waals surface area contributed by atoms with E-state index in [1.165, 1.54) is 30.6 Å². The summed E-state index contributed by atoms with van der Waals surface area (Å²) in [6.07, 6.45) is 6.46. The third kappa shape index (κ3) is 2.87. The third-order valence-corrected chi connectivity index (χ3v) is 4.08. The topological polar surface area (TPSA) is 21.1 Å². The smallest absolute Gasteiger partial charge is 0.0945 e. The Kier molecular flexibility index (Phi) is 3.65. The molecule has 0 aliphatic carbocycles. The second-order valence-electron chi connectivity index (χ2n) is 5.48. The maximum Gasteiger partial charge on any atom is 0.0945 e. The van der Waals surface area contributed by atoms with Crippen molar-refractivity contribution in [3.8, 4) is 0 Å². The highest BCUT2D eigenvalue weighted by Gasteiger charge is 2.21. The Morgan fingerprint density at radius 1 is 1.26 bits per heavy atom. The third-order valence-electron chi connectivity index (χ3n) is 4.08. The zero-order valence-corrected chi connectivity index (χ0v) is 11.5. The van der Waals surface area contributed by atoms with Gasteiger partial charge in [0.2, 0.25) is 0 Å². The molecular weight excluding hydrogens is 234 g/mol. The van der Waals surface area contributed by atoms with Gasteiger partial charge in [-0.05, 0) is 30.9 Å². The van der Waals surface area contributed by atoms with E-state index in [0.717, 1.165) is 13.1 Å². The van der Waals surface area contributed by atoms with Crippen LogP contribution in [0.4, 0.5) is 0 Å². The highest BCUT2D eigenvalue weighted by Crippen LogP contribution is 2.27. The molecule has 1 aromatic heterocycles. The molecule has 1 fully saturated rings. The maximum absolute atomic E-state index is 4.20. The van der Waals surface area contributed by atoms with Gasteiger partial charge in [0.15, 0.2) is 0 Å². The minimum Gasteiger partial charge on any atom is -0.337 e. The predicted octanol–water partition coefficient (Wildman–Crippen LogP) is 2.80. The number of hydrogen-bond donors (Lipinski definition) is 0. The summed E-state index contributed by atoms with van der Waals surface area (Å²) in [5.74, 6) is 0.683. The molecular formula is C16H21N3. The van der Waals surface area contributed by atoms with E-state index in [9.17, 15) is 0 Å². The lowest BCUT2D eigenvalue weighted by atomic mass is 9.90. The van der Waals surface area contributed by atoms with Crippen LogP contribution in [0.3, 0.4) is 0 Å².